The van der Waals surface area contributed by atoms with Gasteiger partial charge in [0.25, 0.3) is 11.3 Å². The average molecular weight is 498 g/mol. The van der Waals surface area contributed by atoms with Gasteiger partial charge in [-0.25, -0.2) is 9.97 Å². The number of hydrogen-bond donors (Lipinski definition) is 1. The molecule has 2 aromatic carbocycles. The molecule has 0 unspecified atom stereocenters. The molecule has 5 aromatic rings. The van der Waals surface area contributed by atoms with Crippen molar-refractivity contribution in [1.29, 1.82) is 0 Å². The van der Waals surface area contributed by atoms with Gasteiger partial charge in [-0.3, -0.25) is 9.36 Å². The Morgan fingerprint density at radius 3 is 2.60 bits per heavy atom. The SMILES string of the molecule is Cc1cc(Nc2ccc(C(F)(F)F)cc2)n2nc(SCCn3cnc4ccccc4c3=O)nc2n1. The molecule has 0 bridgehead atoms. The summed E-state index contributed by atoms with van der Waals surface area (Å²) in [4.78, 5) is 25.8. The third-order valence-corrected chi connectivity index (χ3v) is 6.02. The van der Waals surface area contributed by atoms with Crippen LogP contribution in [0.1, 0.15) is 11.3 Å². The molecule has 0 saturated carbocycles. The Bertz CT molecular complexity index is 1580. The highest BCUT2D eigenvalue weighted by Crippen LogP contribution is 2.30. The van der Waals surface area contributed by atoms with E-state index in [1.807, 2.05) is 6.07 Å². The van der Waals surface area contributed by atoms with E-state index in [4.69, 9.17) is 0 Å². The number of rotatable bonds is 6. The molecule has 0 aliphatic carbocycles. The first kappa shape index (κ1) is 22.8. The summed E-state index contributed by atoms with van der Waals surface area (Å²) in [5, 5.41) is 8.57. The van der Waals surface area contributed by atoms with Crippen molar-refractivity contribution in [3.8, 4) is 0 Å². The zero-order chi connectivity index (χ0) is 24.6. The van der Waals surface area contributed by atoms with Crippen molar-refractivity contribution in [3.63, 3.8) is 0 Å². The van der Waals surface area contributed by atoms with E-state index in [0.717, 1.165) is 12.1 Å². The summed E-state index contributed by atoms with van der Waals surface area (Å²) in [5.41, 5.74) is 0.958. The average Bonchev–Trinajstić information content (AvgIpc) is 3.23. The Morgan fingerprint density at radius 2 is 1.83 bits per heavy atom. The molecule has 0 aliphatic heterocycles. The van der Waals surface area contributed by atoms with Gasteiger partial charge in [0, 0.05) is 29.7 Å². The zero-order valence-corrected chi connectivity index (χ0v) is 19.1. The number of halogens is 3. The fraction of sp³-hybridized carbons (Fsp3) is 0.174. The summed E-state index contributed by atoms with van der Waals surface area (Å²) in [7, 11) is 0. The molecule has 3 heterocycles. The second-order valence-corrected chi connectivity index (χ2v) is 8.76. The van der Waals surface area contributed by atoms with E-state index in [0.29, 0.717) is 51.3 Å². The van der Waals surface area contributed by atoms with Crippen molar-refractivity contribution in [2.24, 2.45) is 0 Å². The van der Waals surface area contributed by atoms with E-state index < -0.39 is 11.7 Å². The summed E-state index contributed by atoms with van der Waals surface area (Å²) < 4.78 is 41.6. The predicted molar refractivity (Wildman–Crippen MR) is 127 cm³/mol. The lowest BCUT2D eigenvalue weighted by atomic mass is 10.2. The fourth-order valence-corrected chi connectivity index (χ4v) is 4.27. The Morgan fingerprint density at radius 1 is 1.06 bits per heavy atom. The summed E-state index contributed by atoms with van der Waals surface area (Å²) in [6.07, 6.45) is -2.87. The third-order valence-electron chi connectivity index (χ3n) is 5.20. The lowest BCUT2D eigenvalue weighted by Crippen LogP contribution is -2.21. The maximum absolute atomic E-state index is 12.8. The van der Waals surface area contributed by atoms with Crippen LogP contribution in [0.2, 0.25) is 0 Å². The molecule has 3 aromatic heterocycles. The zero-order valence-electron chi connectivity index (χ0n) is 18.3. The molecule has 0 spiro atoms. The smallest absolute Gasteiger partial charge is 0.340 e. The topological polar surface area (TPSA) is 90.0 Å². The molecule has 0 radical (unpaired) electrons. The molecule has 8 nitrogen and oxygen atoms in total. The highest BCUT2D eigenvalue weighted by molar-refractivity contribution is 7.99. The Balaban J connectivity index is 1.33. The van der Waals surface area contributed by atoms with Crippen LogP contribution in [0.5, 0.6) is 0 Å². The highest BCUT2D eigenvalue weighted by Gasteiger charge is 2.30. The number of thioether (sulfide) groups is 1. The van der Waals surface area contributed by atoms with E-state index in [1.165, 1.54) is 34.7 Å². The van der Waals surface area contributed by atoms with Crippen LogP contribution >= 0.6 is 11.8 Å². The summed E-state index contributed by atoms with van der Waals surface area (Å²) in [6, 6.07) is 13.6. The maximum Gasteiger partial charge on any atom is 0.416 e. The van der Waals surface area contributed by atoms with E-state index in [9.17, 15) is 18.0 Å². The van der Waals surface area contributed by atoms with E-state index in [1.54, 1.807) is 35.8 Å². The van der Waals surface area contributed by atoms with Crippen LogP contribution in [0, 0.1) is 6.92 Å². The minimum absolute atomic E-state index is 0.112. The molecule has 0 amide bonds. The Kier molecular flexibility index (Phi) is 5.89. The van der Waals surface area contributed by atoms with Crippen LogP contribution in [-0.2, 0) is 12.7 Å². The number of fused-ring (bicyclic) bond motifs is 2. The minimum Gasteiger partial charge on any atom is -0.340 e. The number of nitrogens with one attached hydrogen (secondary N) is 1. The molecule has 1 N–H and O–H groups in total. The number of nitrogens with zero attached hydrogens (tertiary/aromatic N) is 6. The number of anilines is 2. The van der Waals surface area contributed by atoms with E-state index in [2.05, 4.69) is 25.4 Å². The molecule has 0 aliphatic rings. The standard InChI is InChI=1S/C23H18F3N7OS/c1-14-12-19(29-16-8-6-15(7-9-16)23(24,25)26)33-21(28-14)30-22(31-33)35-11-10-32-13-27-18-5-3-2-4-17(18)20(32)34/h2-9,12-13,29H,10-11H2,1H3. The van der Waals surface area contributed by atoms with E-state index in [-0.39, 0.29) is 5.56 Å². The van der Waals surface area contributed by atoms with Gasteiger partial charge in [0.2, 0.25) is 5.16 Å². The van der Waals surface area contributed by atoms with Gasteiger partial charge in [-0.15, -0.1) is 5.10 Å². The van der Waals surface area contributed by atoms with Crippen LogP contribution in [0.3, 0.4) is 0 Å². The third kappa shape index (κ3) is 4.83. The van der Waals surface area contributed by atoms with Gasteiger partial charge in [-0.2, -0.15) is 22.7 Å². The quantitative estimate of drug-likeness (QED) is 0.340. The molecule has 0 saturated heterocycles. The van der Waals surface area contributed by atoms with Crippen LogP contribution in [0.25, 0.3) is 16.7 Å². The molecule has 0 atom stereocenters. The highest BCUT2D eigenvalue weighted by atomic mass is 32.2. The summed E-state index contributed by atoms with van der Waals surface area (Å²) >= 11 is 1.36. The molecule has 12 heteroatoms. The fourth-order valence-electron chi connectivity index (χ4n) is 3.51. The van der Waals surface area contributed by atoms with Crippen molar-refractivity contribution >= 4 is 39.9 Å². The number of hydrogen-bond acceptors (Lipinski definition) is 7. The first-order valence-electron chi connectivity index (χ1n) is 10.5. The van der Waals surface area contributed by atoms with Crippen LogP contribution in [0.15, 0.2) is 70.9 Å². The van der Waals surface area contributed by atoms with Crippen molar-refractivity contribution in [3.05, 3.63) is 82.5 Å². The van der Waals surface area contributed by atoms with Crippen molar-refractivity contribution < 1.29 is 13.2 Å². The van der Waals surface area contributed by atoms with Crippen molar-refractivity contribution in [2.45, 2.75) is 24.8 Å². The van der Waals surface area contributed by atoms with Gasteiger partial charge in [-0.05, 0) is 43.3 Å². The van der Waals surface area contributed by atoms with Gasteiger partial charge in [0.1, 0.15) is 5.82 Å². The second kappa shape index (κ2) is 9.02. The Hall–Kier alpha value is -3.93. The maximum atomic E-state index is 12.8. The second-order valence-electron chi connectivity index (χ2n) is 7.70. The van der Waals surface area contributed by atoms with Gasteiger partial charge >= 0.3 is 6.18 Å². The first-order valence-corrected chi connectivity index (χ1v) is 11.5. The molecule has 35 heavy (non-hydrogen) atoms. The first-order chi connectivity index (χ1) is 16.8. The Labute approximate surface area is 200 Å². The molecular formula is C23H18F3N7OS. The van der Waals surface area contributed by atoms with E-state index >= 15 is 0 Å². The number of aryl methyl sites for hydroxylation is 2. The number of aromatic nitrogens is 6. The van der Waals surface area contributed by atoms with Crippen LogP contribution in [0.4, 0.5) is 24.7 Å². The number of para-hydroxylation sites is 1. The summed E-state index contributed by atoms with van der Waals surface area (Å²) in [5.74, 6) is 1.39. The van der Waals surface area contributed by atoms with Crippen molar-refractivity contribution in [1.82, 2.24) is 29.1 Å². The van der Waals surface area contributed by atoms with Gasteiger partial charge in [0.15, 0.2) is 0 Å². The monoisotopic (exact) mass is 497 g/mol. The van der Waals surface area contributed by atoms with Gasteiger partial charge in [-0.1, -0.05) is 23.9 Å². The largest absolute Gasteiger partial charge is 0.416 e. The molecule has 0 fully saturated rings. The van der Waals surface area contributed by atoms with Crippen LogP contribution in [-0.4, -0.2) is 34.9 Å². The van der Waals surface area contributed by atoms with Crippen molar-refractivity contribution in [2.75, 3.05) is 11.1 Å². The normalized spacial score (nSPS) is 11.9. The number of alkyl halides is 3. The summed E-state index contributed by atoms with van der Waals surface area (Å²) in [6.45, 7) is 2.21. The molecular weight excluding hydrogens is 479 g/mol. The number of benzene rings is 2. The van der Waals surface area contributed by atoms with Gasteiger partial charge < -0.3 is 5.32 Å². The molecule has 5 rings (SSSR count). The minimum atomic E-state index is -4.40. The van der Waals surface area contributed by atoms with Crippen LogP contribution < -0.4 is 10.9 Å². The lowest BCUT2D eigenvalue weighted by Gasteiger charge is -2.10. The lowest BCUT2D eigenvalue weighted by molar-refractivity contribution is -0.137. The van der Waals surface area contributed by atoms with Gasteiger partial charge in [0.05, 0.1) is 22.8 Å². The molecule has 178 valence electrons. The predicted octanol–water partition coefficient (Wildman–Crippen LogP) is 4.70.